The van der Waals surface area contributed by atoms with E-state index in [1.807, 2.05) is 27.7 Å². The number of aromatic nitrogens is 2. The van der Waals surface area contributed by atoms with Gasteiger partial charge in [-0.15, -0.1) is 11.3 Å². The SMILES string of the molecule is Cc1sc2nc(COCCOC(C)(C)C)nc(Cl)c2c1C. The van der Waals surface area contributed by atoms with Gasteiger partial charge in [0.05, 0.1) is 24.2 Å². The average molecular weight is 329 g/mol. The third kappa shape index (κ3) is 4.36. The first-order valence-corrected chi connectivity index (χ1v) is 8.11. The molecule has 0 amide bonds. The summed E-state index contributed by atoms with van der Waals surface area (Å²) in [5.41, 5.74) is 1.01. The molecule has 0 unspecified atom stereocenters. The molecular weight excluding hydrogens is 308 g/mol. The summed E-state index contributed by atoms with van der Waals surface area (Å²) in [4.78, 5) is 11.0. The summed E-state index contributed by atoms with van der Waals surface area (Å²) < 4.78 is 11.1. The molecule has 0 aliphatic carbocycles. The van der Waals surface area contributed by atoms with Crippen molar-refractivity contribution in [3.8, 4) is 0 Å². The van der Waals surface area contributed by atoms with Crippen molar-refractivity contribution < 1.29 is 9.47 Å². The number of halogens is 1. The van der Waals surface area contributed by atoms with Gasteiger partial charge in [-0.1, -0.05) is 11.6 Å². The summed E-state index contributed by atoms with van der Waals surface area (Å²) >= 11 is 7.89. The summed E-state index contributed by atoms with van der Waals surface area (Å²) in [5.74, 6) is 0.615. The Morgan fingerprint density at radius 2 is 1.86 bits per heavy atom. The van der Waals surface area contributed by atoms with Crippen molar-refractivity contribution in [2.45, 2.75) is 46.8 Å². The van der Waals surface area contributed by atoms with Crippen LogP contribution in [0.15, 0.2) is 0 Å². The number of fused-ring (bicyclic) bond motifs is 1. The Morgan fingerprint density at radius 3 is 2.52 bits per heavy atom. The van der Waals surface area contributed by atoms with E-state index in [4.69, 9.17) is 21.1 Å². The highest BCUT2D eigenvalue weighted by molar-refractivity contribution is 7.18. The summed E-state index contributed by atoms with van der Waals surface area (Å²) in [7, 11) is 0. The van der Waals surface area contributed by atoms with Gasteiger partial charge >= 0.3 is 0 Å². The maximum Gasteiger partial charge on any atom is 0.157 e. The van der Waals surface area contributed by atoms with Gasteiger partial charge < -0.3 is 9.47 Å². The predicted molar refractivity (Wildman–Crippen MR) is 87.3 cm³/mol. The fourth-order valence-electron chi connectivity index (χ4n) is 1.88. The molecule has 6 heteroatoms. The van der Waals surface area contributed by atoms with Crippen molar-refractivity contribution in [3.63, 3.8) is 0 Å². The van der Waals surface area contributed by atoms with E-state index in [0.29, 0.717) is 30.8 Å². The molecule has 116 valence electrons. The van der Waals surface area contributed by atoms with Crippen molar-refractivity contribution >= 4 is 33.2 Å². The Hall–Kier alpha value is -0.750. The summed E-state index contributed by atoms with van der Waals surface area (Å²) in [6.07, 6.45) is 0. The number of ether oxygens (including phenoxy) is 2. The van der Waals surface area contributed by atoms with E-state index in [2.05, 4.69) is 16.9 Å². The van der Waals surface area contributed by atoms with Crippen LogP contribution in [0.1, 0.15) is 37.0 Å². The molecule has 2 aromatic heterocycles. The van der Waals surface area contributed by atoms with Gasteiger partial charge in [0.2, 0.25) is 0 Å². The van der Waals surface area contributed by atoms with Gasteiger partial charge in [-0.2, -0.15) is 0 Å². The Morgan fingerprint density at radius 1 is 1.14 bits per heavy atom. The standard InChI is InChI=1S/C15H21ClN2O2S/c1-9-10(2)21-14-12(9)13(16)17-11(18-14)8-19-6-7-20-15(3,4)5/h6-8H2,1-5H3. The highest BCUT2D eigenvalue weighted by Gasteiger charge is 2.13. The Bertz CT molecular complexity index is 635. The van der Waals surface area contributed by atoms with Gasteiger partial charge in [0.15, 0.2) is 5.82 Å². The van der Waals surface area contributed by atoms with Crippen LogP contribution in [0.3, 0.4) is 0 Å². The van der Waals surface area contributed by atoms with Gasteiger partial charge in [-0.05, 0) is 40.2 Å². The topological polar surface area (TPSA) is 44.2 Å². The van der Waals surface area contributed by atoms with Gasteiger partial charge in [0.25, 0.3) is 0 Å². The molecule has 0 aliphatic rings. The Labute approximate surface area is 134 Å². The summed E-state index contributed by atoms with van der Waals surface area (Å²) in [6.45, 7) is 11.6. The van der Waals surface area contributed by atoms with Gasteiger partial charge in [0, 0.05) is 4.88 Å². The molecule has 2 aromatic rings. The molecule has 0 fully saturated rings. The van der Waals surface area contributed by atoms with Crippen LogP contribution in [-0.4, -0.2) is 28.8 Å². The minimum Gasteiger partial charge on any atom is -0.373 e. The van der Waals surface area contributed by atoms with Crippen LogP contribution in [0.4, 0.5) is 0 Å². The molecule has 0 aromatic carbocycles. The van der Waals surface area contributed by atoms with Crippen molar-refractivity contribution in [2.24, 2.45) is 0 Å². The quantitative estimate of drug-likeness (QED) is 0.606. The first kappa shape index (κ1) is 16.6. The average Bonchev–Trinajstić information content (AvgIpc) is 2.63. The first-order valence-electron chi connectivity index (χ1n) is 6.92. The highest BCUT2D eigenvalue weighted by atomic mass is 35.5. The molecule has 21 heavy (non-hydrogen) atoms. The van der Waals surface area contributed by atoms with Gasteiger partial charge in [0.1, 0.15) is 16.6 Å². The van der Waals surface area contributed by atoms with Crippen LogP contribution in [0, 0.1) is 13.8 Å². The van der Waals surface area contributed by atoms with Crippen molar-refractivity contribution in [2.75, 3.05) is 13.2 Å². The summed E-state index contributed by atoms with van der Waals surface area (Å²) in [5, 5.41) is 1.46. The lowest BCUT2D eigenvalue weighted by atomic mass is 10.2. The van der Waals surface area contributed by atoms with Crippen molar-refractivity contribution in [3.05, 3.63) is 21.4 Å². The summed E-state index contributed by atoms with van der Waals surface area (Å²) in [6, 6.07) is 0. The zero-order valence-corrected chi connectivity index (χ0v) is 14.7. The van der Waals surface area contributed by atoms with E-state index in [-0.39, 0.29) is 5.60 Å². The maximum atomic E-state index is 6.26. The molecule has 0 atom stereocenters. The number of nitrogens with zero attached hydrogens (tertiary/aromatic N) is 2. The Kier molecular flexibility index (Phi) is 5.20. The number of thiophene rings is 1. The van der Waals surface area contributed by atoms with Crippen molar-refractivity contribution in [1.29, 1.82) is 0 Å². The first-order chi connectivity index (χ1) is 9.78. The lowest BCUT2D eigenvalue weighted by Crippen LogP contribution is -2.21. The molecule has 0 saturated heterocycles. The van der Waals surface area contributed by atoms with Crippen LogP contribution in [-0.2, 0) is 16.1 Å². The predicted octanol–water partition coefficient (Wildman–Crippen LogP) is 4.29. The van der Waals surface area contributed by atoms with E-state index < -0.39 is 0 Å². The lowest BCUT2D eigenvalue weighted by Gasteiger charge is -2.19. The number of aryl methyl sites for hydroxylation is 2. The van der Waals surface area contributed by atoms with Crippen LogP contribution >= 0.6 is 22.9 Å². The fourth-order valence-corrected chi connectivity index (χ4v) is 3.31. The molecule has 0 radical (unpaired) electrons. The van der Waals surface area contributed by atoms with E-state index in [1.54, 1.807) is 11.3 Å². The van der Waals surface area contributed by atoms with Gasteiger partial charge in [-0.25, -0.2) is 9.97 Å². The molecule has 0 aliphatic heterocycles. The third-order valence-electron chi connectivity index (χ3n) is 3.02. The van der Waals surface area contributed by atoms with E-state index in [0.717, 1.165) is 15.8 Å². The number of rotatable bonds is 5. The van der Waals surface area contributed by atoms with E-state index >= 15 is 0 Å². The maximum absolute atomic E-state index is 6.26. The second-order valence-corrected chi connectivity index (χ2v) is 7.47. The highest BCUT2D eigenvalue weighted by Crippen LogP contribution is 2.32. The van der Waals surface area contributed by atoms with Crippen LogP contribution in [0.5, 0.6) is 0 Å². The van der Waals surface area contributed by atoms with E-state index in [9.17, 15) is 0 Å². The second kappa shape index (κ2) is 6.57. The fraction of sp³-hybridized carbons (Fsp3) is 0.600. The molecule has 0 N–H and O–H groups in total. The third-order valence-corrected chi connectivity index (χ3v) is 4.40. The molecule has 2 rings (SSSR count). The molecule has 0 spiro atoms. The molecule has 2 heterocycles. The molecule has 0 bridgehead atoms. The van der Waals surface area contributed by atoms with E-state index in [1.165, 1.54) is 4.88 Å². The smallest absolute Gasteiger partial charge is 0.157 e. The molecular formula is C15H21ClN2O2S. The zero-order valence-electron chi connectivity index (χ0n) is 13.1. The van der Waals surface area contributed by atoms with Crippen LogP contribution in [0.2, 0.25) is 5.15 Å². The molecule has 4 nitrogen and oxygen atoms in total. The number of hydrogen-bond acceptors (Lipinski definition) is 5. The minimum absolute atomic E-state index is 0.145. The monoisotopic (exact) mass is 328 g/mol. The van der Waals surface area contributed by atoms with Crippen LogP contribution in [0.25, 0.3) is 10.2 Å². The van der Waals surface area contributed by atoms with Gasteiger partial charge in [-0.3, -0.25) is 0 Å². The van der Waals surface area contributed by atoms with Crippen LogP contribution < -0.4 is 0 Å². The lowest BCUT2D eigenvalue weighted by molar-refractivity contribution is -0.0383. The van der Waals surface area contributed by atoms with Crippen molar-refractivity contribution in [1.82, 2.24) is 9.97 Å². The largest absolute Gasteiger partial charge is 0.373 e. The zero-order chi connectivity index (χ0) is 15.6. The number of hydrogen-bond donors (Lipinski definition) is 0. The Balaban J connectivity index is 1.97. The normalized spacial score (nSPS) is 12.3. The minimum atomic E-state index is -0.145. The second-order valence-electron chi connectivity index (χ2n) is 5.91. The molecule has 0 saturated carbocycles.